The highest BCUT2D eigenvalue weighted by atomic mass is 16.1. The second kappa shape index (κ2) is 7.92. The van der Waals surface area contributed by atoms with Crippen LogP contribution in [0.15, 0.2) is 30.3 Å². The van der Waals surface area contributed by atoms with Gasteiger partial charge in [0.05, 0.1) is 6.04 Å². The minimum atomic E-state index is -0.305. The van der Waals surface area contributed by atoms with Crippen molar-refractivity contribution >= 4 is 5.91 Å². The molecule has 0 heterocycles. The van der Waals surface area contributed by atoms with E-state index in [2.05, 4.69) is 31.3 Å². The molecular formula is C15H25N3O. The van der Waals surface area contributed by atoms with Crippen LogP contribution in [0.3, 0.4) is 0 Å². The average Bonchev–Trinajstić information content (AvgIpc) is 2.35. The lowest BCUT2D eigenvalue weighted by Gasteiger charge is -2.20. The first-order valence-corrected chi connectivity index (χ1v) is 6.81. The largest absolute Gasteiger partial charge is 0.368 e. The third-order valence-corrected chi connectivity index (χ3v) is 3.02. The molecule has 0 aromatic heterocycles. The molecule has 1 unspecified atom stereocenters. The number of carbonyl (C=O) groups is 1. The molecule has 0 saturated heterocycles. The fourth-order valence-electron chi connectivity index (χ4n) is 2.05. The average molecular weight is 263 g/mol. The van der Waals surface area contributed by atoms with Crippen molar-refractivity contribution < 1.29 is 4.79 Å². The summed E-state index contributed by atoms with van der Waals surface area (Å²) < 4.78 is 0. The normalized spacial score (nSPS) is 14.3. The number of primary amides is 1. The highest BCUT2D eigenvalue weighted by Crippen LogP contribution is 2.05. The van der Waals surface area contributed by atoms with E-state index in [9.17, 15) is 4.79 Å². The molecule has 5 N–H and O–H groups in total. The zero-order chi connectivity index (χ0) is 14.3. The summed E-state index contributed by atoms with van der Waals surface area (Å²) >= 11 is 0. The van der Waals surface area contributed by atoms with Crippen LogP contribution in [-0.2, 0) is 11.2 Å². The first-order valence-electron chi connectivity index (χ1n) is 6.81. The van der Waals surface area contributed by atoms with E-state index in [4.69, 9.17) is 11.5 Å². The van der Waals surface area contributed by atoms with Crippen molar-refractivity contribution in [1.82, 2.24) is 5.32 Å². The molecule has 1 aromatic rings. The molecule has 1 amide bonds. The summed E-state index contributed by atoms with van der Waals surface area (Å²) in [6.07, 6.45) is 1.54. The van der Waals surface area contributed by atoms with Gasteiger partial charge >= 0.3 is 0 Å². The van der Waals surface area contributed by atoms with E-state index in [0.717, 1.165) is 12.8 Å². The molecular weight excluding hydrogens is 238 g/mol. The zero-order valence-electron chi connectivity index (χ0n) is 11.8. The Bertz CT molecular complexity index is 378. The number of rotatable bonds is 8. The smallest absolute Gasteiger partial charge is 0.234 e. The highest BCUT2D eigenvalue weighted by Gasteiger charge is 2.17. The summed E-state index contributed by atoms with van der Waals surface area (Å²) in [6.45, 7) is 4.73. The second-order valence-electron chi connectivity index (χ2n) is 5.44. The van der Waals surface area contributed by atoms with Crippen molar-refractivity contribution in [3.8, 4) is 0 Å². The van der Waals surface area contributed by atoms with Gasteiger partial charge in [0.15, 0.2) is 0 Å². The Morgan fingerprint density at radius 1 is 1.26 bits per heavy atom. The summed E-state index contributed by atoms with van der Waals surface area (Å²) in [6, 6.07) is 9.79. The van der Waals surface area contributed by atoms with E-state index in [-0.39, 0.29) is 18.0 Å². The maximum atomic E-state index is 11.3. The van der Waals surface area contributed by atoms with Crippen LogP contribution in [0.1, 0.15) is 25.8 Å². The fraction of sp³-hybridized carbons (Fsp3) is 0.533. The van der Waals surface area contributed by atoms with Crippen LogP contribution in [0.2, 0.25) is 0 Å². The van der Waals surface area contributed by atoms with Gasteiger partial charge < -0.3 is 16.8 Å². The molecule has 1 aromatic carbocycles. The van der Waals surface area contributed by atoms with Gasteiger partial charge in [-0.2, -0.15) is 0 Å². The van der Waals surface area contributed by atoms with Crippen molar-refractivity contribution in [2.24, 2.45) is 17.4 Å². The standard InChI is InChI=1S/C15H25N3O/c1-11(2)8-14(15(17)19)18-10-13(16)9-12-6-4-3-5-7-12/h3-7,11,13-14,18H,8-10,16H2,1-2H3,(H2,17,19)/t13-,14?/m1/s1. The van der Waals surface area contributed by atoms with Gasteiger partial charge in [0.2, 0.25) is 5.91 Å². The van der Waals surface area contributed by atoms with Crippen LogP contribution in [0, 0.1) is 5.92 Å². The lowest BCUT2D eigenvalue weighted by molar-refractivity contribution is -0.120. The minimum Gasteiger partial charge on any atom is -0.368 e. The van der Waals surface area contributed by atoms with Gasteiger partial charge in [-0.25, -0.2) is 0 Å². The lowest BCUT2D eigenvalue weighted by atomic mass is 10.0. The maximum Gasteiger partial charge on any atom is 0.234 e. The number of nitrogens with two attached hydrogens (primary N) is 2. The Morgan fingerprint density at radius 2 is 1.89 bits per heavy atom. The molecule has 1 rings (SSSR count). The molecule has 0 saturated carbocycles. The SMILES string of the molecule is CC(C)CC(NC[C@H](N)Cc1ccccc1)C(N)=O. The van der Waals surface area contributed by atoms with Gasteiger partial charge in [-0.15, -0.1) is 0 Å². The summed E-state index contributed by atoms with van der Waals surface area (Å²) in [5.74, 6) is 0.121. The van der Waals surface area contributed by atoms with E-state index in [0.29, 0.717) is 12.5 Å². The van der Waals surface area contributed by atoms with Crippen LogP contribution in [0.25, 0.3) is 0 Å². The minimum absolute atomic E-state index is 0.0172. The van der Waals surface area contributed by atoms with Gasteiger partial charge in [0.1, 0.15) is 0 Å². The number of hydrogen-bond acceptors (Lipinski definition) is 3. The Morgan fingerprint density at radius 3 is 2.42 bits per heavy atom. The van der Waals surface area contributed by atoms with Crippen LogP contribution in [0.5, 0.6) is 0 Å². The maximum absolute atomic E-state index is 11.3. The molecule has 0 bridgehead atoms. The number of hydrogen-bond donors (Lipinski definition) is 3. The van der Waals surface area contributed by atoms with Gasteiger partial charge in [-0.1, -0.05) is 44.2 Å². The Hall–Kier alpha value is -1.39. The Labute approximate surface area is 115 Å². The molecule has 0 aliphatic carbocycles. The summed E-state index contributed by atoms with van der Waals surface area (Å²) in [5, 5.41) is 3.17. The molecule has 2 atom stereocenters. The van der Waals surface area contributed by atoms with Gasteiger partial charge in [0.25, 0.3) is 0 Å². The third-order valence-electron chi connectivity index (χ3n) is 3.02. The van der Waals surface area contributed by atoms with Crippen LogP contribution in [0.4, 0.5) is 0 Å². The van der Waals surface area contributed by atoms with Gasteiger partial charge in [-0.3, -0.25) is 4.79 Å². The molecule has 4 nitrogen and oxygen atoms in total. The Balaban J connectivity index is 2.39. The van der Waals surface area contributed by atoms with E-state index < -0.39 is 0 Å². The monoisotopic (exact) mass is 263 g/mol. The van der Waals surface area contributed by atoms with Crippen molar-refractivity contribution in [3.63, 3.8) is 0 Å². The summed E-state index contributed by atoms with van der Waals surface area (Å²) in [4.78, 5) is 11.3. The van der Waals surface area contributed by atoms with E-state index >= 15 is 0 Å². The zero-order valence-corrected chi connectivity index (χ0v) is 11.8. The topological polar surface area (TPSA) is 81.1 Å². The third kappa shape index (κ3) is 6.36. The van der Waals surface area contributed by atoms with Crippen LogP contribution < -0.4 is 16.8 Å². The van der Waals surface area contributed by atoms with Crippen molar-refractivity contribution in [2.45, 2.75) is 38.8 Å². The van der Waals surface area contributed by atoms with Crippen LogP contribution >= 0.6 is 0 Å². The van der Waals surface area contributed by atoms with Crippen molar-refractivity contribution in [3.05, 3.63) is 35.9 Å². The van der Waals surface area contributed by atoms with E-state index in [1.54, 1.807) is 0 Å². The number of nitrogens with one attached hydrogen (secondary N) is 1. The molecule has 0 spiro atoms. The first kappa shape index (κ1) is 15.7. The molecule has 0 fully saturated rings. The first-order chi connectivity index (χ1) is 8.99. The van der Waals surface area contributed by atoms with Gasteiger partial charge in [-0.05, 0) is 24.3 Å². The molecule has 4 heteroatoms. The molecule has 0 aliphatic rings. The number of carbonyl (C=O) groups excluding carboxylic acids is 1. The van der Waals surface area contributed by atoms with Crippen LogP contribution in [-0.4, -0.2) is 24.5 Å². The number of benzene rings is 1. The summed E-state index contributed by atoms with van der Waals surface area (Å²) in [5.41, 5.74) is 12.7. The molecule has 106 valence electrons. The van der Waals surface area contributed by atoms with E-state index in [1.807, 2.05) is 18.2 Å². The predicted octanol–water partition coefficient (Wildman–Crippen LogP) is 1.05. The number of amides is 1. The predicted molar refractivity (Wildman–Crippen MR) is 78.6 cm³/mol. The molecule has 19 heavy (non-hydrogen) atoms. The fourth-order valence-corrected chi connectivity index (χ4v) is 2.05. The summed E-state index contributed by atoms with van der Waals surface area (Å²) in [7, 11) is 0. The van der Waals surface area contributed by atoms with Crippen molar-refractivity contribution in [1.29, 1.82) is 0 Å². The molecule has 0 radical (unpaired) electrons. The Kier molecular flexibility index (Phi) is 6.53. The van der Waals surface area contributed by atoms with E-state index in [1.165, 1.54) is 5.56 Å². The second-order valence-corrected chi connectivity index (χ2v) is 5.44. The van der Waals surface area contributed by atoms with Crippen molar-refractivity contribution in [2.75, 3.05) is 6.54 Å². The van der Waals surface area contributed by atoms with Gasteiger partial charge in [0, 0.05) is 12.6 Å². The quantitative estimate of drug-likeness (QED) is 0.655. The molecule has 0 aliphatic heterocycles. The lowest BCUT2D eigenvalue weighted by Crippen LogP contribution is -2.47. The highest BCUT2D eigenvalue weighted by molar-refractivity contribution is 5.79.